The van der Waals surface area contributed by atoms with Crippen LogP contribution in [0.15, 0.2) is 109 Å². The number of hydrogen-bond donors (Lipinski definition) is 0. The van der Waals surface area contributed by atoms with Gasteiger partial charge in [0, 0.05) is 19.3 Å². The van der Waals surface area contributed by atoms with Crippen LogP contribution in [0, 0.1) is 0 Å². The second-order valence-electron chi connectivity index (χ2n) is 14.7. The van der Waals surface area contributed by atoms with Crippen LogP contribution in [-0.2, 0) is 28.6 Å². The van der Waals surface area contributed by atoms with Gasteiger partial charge in [-0.1, -0.05) is 194 Å². The van der Waals surface area contributed by atoms with E-state index in [2.05, 4.69) is 75.5 Å². The Hall–Kier alpha value is -3.93. The molecule has 6 nitrogen and oxygen atoms in total. The van der Waals surface area contributed by atoms with Gasteiger partial charge in [0.05, 0.1) is 0 Å². The number of ether oxygens (including phenoxy) is 3. The van der Waals surface area contributed by atoms with Crippen LogP contribution in [0.2, 0.25) is 0 Å². The Morgan fingerprint density at radius 3 is 1.16 bits per heavy atom. The van der Waals surface area contributed by atoms with E-state index >= 15 is 0 Å². The Labute approximate surface area is 355 Å². The first-order valence-corrected chi connectivity index (χ1v) is 23.0. The average Bonchev–Trinajstić information content (AvgIpc) is 3.22. The summed E-state index contributed by atoms with van der Waals surface area (Å²) in [5, 5.41) is 0. The average molecular weight is 803 g/mol. The summed E-state index contributed by atoms with van der Waals surface area (Å²) in [6.45, 7) is 6.23. The third-order valence-corrected chi connectivity index (χ3v) is 9.18. The number of unbranched alkanes of at least 4 members (excludes halogenated alkanes) is 16. The standard InChI is InChI=1S/C52H82O6/c1-4-7-10-13-16-19-22-25-26-28-30-33-36-39-42-45-51(54)57-48-49(47-56-50(53)44-41-38-35-32-29-24-21-18-15-12-9-6-3)58-52(55)46-43-40-37-34-31-27-23-20-17-14-11-8-5-2/h7-8,10-11,13-14,16-23,27,31,34,37,49H,4-6,9,12,15,24-26,28-30,32-33,35-36,38-48H2,1-3H3/b10-7-,11-8-,16-13-,17-14-,21-18-,22-19-,23-20-,31-27-,37-34-. The Morgan fingerprint density at radius 1 is 0.362 bits per heavy atom. The van der Waals surface area contributed by atoms with Crippen molar-refractivity contribution in [3.63, 3.8) is 0 Å². The van der Waals surface area contributed by atoms with Crippen LogP contribution >= 0.6 is 0 Å². The minimum Gasteiger partial charge on any atom is -0.462 e. The SMILES string of the molecule is CC\C=C/C=C\C=C/C=C\C=C/CCCC(=O)OC(COC(=O)CCCCCCC/C=C\CCCCC)COC(=O)CCCCCCCCC\C=C/C=C\C=C/CC. The number of allylic oxidation sites excluding steroid dienone is 18. The zero-order chi connectivity index (χ0) is 42.3. The summed E-state index contributed by atoms with van der Waals surface area (Å²) in [4.78, 5) is 37.8. The van der Waals surface area contributed by atoms with Crippen molar-refractivity contribution < 1.29 is 28.6 Å². The lowest BCUT2D eigenvalue weighted by atomic mass is 10.1. The van der Waals surface area contributed by atoms with E-state index in [0.717, 1.165) is 77.0 Å². The first-order valence-electron chi connectivity index (χ1n) is 23.0. The van der Waals surface area contributed by atoms with E-state index in [1.165, 1.54) is 57.8 Å². The number of carbonyl (C=O) groups is 3. The van der Waals surface area contributed by atoms with Crippen molar-refractivity contribution in [3.8, 4) is 0 Å². The molecule has 0 bridgehead atoms. The molecule has 0 amide bonds. The molecule has 0 rings (SSSR count). The van der Waals surface area contributed by atoms with Crippen LogP contribution in [0.25, 0.3) is 0 Å². The van der Waals surface area contributed by atoms with E-state index in [1.807, 2.05) is 54.7 Å². The summed E-state index contributed by atoms with van der Waals surface area (Å²) in [6.07, 6.45) is 60.7. The molecule has 0 aromatic rings. The summed E-state index contributed by atoms with van der Waals surface area (Å²) in [5.74, 6) is -1.02. The summed E-state index contributed by atoms with van der Waals surface area (Å²) in [5.41, 5.74) is 0. The van der Waals surface area contributed by atoms with Crippen molar-refractivity contribution >= 4 is 17.9 Å². The van der Waals surface area contributed by atoms with Gasteiger partial charge in [0.15, 0.2) is 6.10 Å². The fraction of sp³-hybridized carbons (Fsp3) is 0.596. The molecule has 0 N–H and O–H groups in total. The van der Waals surface area contributed by atoms with Crippen LogP contribution in [0.5, 0.6) is 0 Å². The van der Waals surface area contributed by atoms with E-state index in [-0.39, 0.29) is 31.6 Å². The second kappa shape index (κ2) is 45.8. The maximum Gasteiger partial charge on any atom is 0.306 e. The molecule has 0 heterocycles. The molecular weight excluding hydrogens is 721 g/mol. The Kier molecular flexibility index (Phi) is 42.7. The first kappa shape index (κ1) is 54.1. The molecule has 0 spiro atoms. The Bertz CT molecular complexity index is 1240. The molecule has 0 aromatic heterocycles. The summed E-state index contributed by atoms with van der Waals surface area (Å²) in [7, 11) is 0. The highest BCUT2D eigenvalue weighted by Gasteiger charge is 2.19. The zero-order valence-electron chi connectivity index (χ0n) is 37.0. The molecule has 1 unspecified atom stereocenters. The lowest BCUT2D eigenvalue weighted by Crippen LogP contribution is -2.30. The van der Waals surface area contributed by atoms with E-state index in [0.29, 0.717) is 19.3 Å². The summed E-state index contributed by atoms with van der Waals surface area (Å²) in [6, 6.07) is 0. The minimum atomic E-state index is -0.823. The Morgan fingerprint density at radius 2 is 0.707 bits per heavy atom. The third-order valence-electron chi connectivity index (χ3n) is 9.18. The molecule has 6 heteroatoms. The fourth-order valence-corrected chi connectivity index (χ4v) is 5.76. The lowest BCUT2D eigenvalue weighted by Gasteiger charge is -2.18. The van der Waals surface area contributed by atoms with E-state index < -0.39 is 12.1 Å². The van der Waals surface area contributed by atoms with Gasteiger partial charge in [-0.15, -0.1) is 0 Å². The zero-order valence-corrected chi connectivity index (χ0v) is 37.0. The number of esters is 3. The smallest absolute Gasteiger partial charge is 0.306 e. The summed E-state index contributed by atoms with van der Waals surface area (Å²) < 4.78 is 16.6. The molecule has 0 fully saturated rings. The Balaban J connectivity index is 4.54. The van der Waals surface area contributed by atoms with Crippen molar-refractivity contribution in [2.75, 3.05) is 13.2 Å². The predicted octanol–water partition coefficient (Wildman–Crippen LogP) is 14.8. The summed E-state index contributed by atoms with van der Waals surface area (Å²) >= 11 is 0. The molecule has 0 saturated heterocycles. The van der Waals surface area contributed by atoms with Crippen LogP contribution in [0.1, 0.15) is 181 Å². The highest BCUT2D eigenvalue weighted by molar-refractivity contribution is 5.71. The molecule has 0 aliphatic rings. The molecule has 58 heavy (non-hydrogen) atoms. The fourth-order valence-electron chi connectivity index (χ4n) is 5.76. The monoisotopic (exact) mass is 803 g/mol. The molecule has 0 aromatic carbocycles. The molecule has 0 aliphatic carbocycles. The van der Waals surface area contributed by atoms with Gasteiger partial charge < -0.3 is 14.2 Å². The molecule has 0 radical (unpaired) electrons. The van der Waals surface area contributed by atoms with Gasteiger partial charge in [0.2, 0.25) is 0 Å². The second-order valence-corrected chi connectivity index (χ2v) is 14.7. The minimum absolute atomic E-state index is 0.118. The van der Waals surface area contributed by atoms with Crippen LogP contribution in [0.3, 0.4) is 0 Å². The van der Waals surface area contributed by atoms with Crippen molar-refractivity contribution in [1.82, 2.24) is 0 Å². The van der Waals surface area contributed by atoms with Crippen LogP contribution in [0.4, 0.5) is 0 Å². The van der Waals surface area contributed by atoms with Gasteiger partial charge in [0.25, 0.3) is 0 Å². The van der Waals surface area contributed by atoms with Gasteiger partial charge in [-0.3, -0.25) is 14.4 Å². The third kappa shape index (κ3) is 43.2. The van der Waals surface area contributed by atoms with Gasteiger partial charge in [-0.2, -0.15) is 0 Å². The number of carbonyl (C=O) groups excluding carboxylic acids is 3. The molecular formula is C52H82O6. The molecule has 0 aliphatic heterocycles. The molecule has 0 saturated carbocycles. The van der Waals surface area contributed by atoms with E-state index in [4.69, 9.17) is 14.2 Å². The highest BCUT2D eigenvalue weighted by atomic mass is 16.6. The van der Waals surface area contributed by atoms with Gasteiger partial charge >= 0.3 is 17.9 Å². The number of rotatable bonds is 39. The predicted molar refractivity (Wildman–Crippen MR) is 247 cm³/mol. The van der Waals surface area contributed by atoms with Gasteiger partial charge in [-0.05, 0) is 77.0 Å². The van der Waals surface area contributed by atoms with Gasteiger partial charge in [-0.25, -0.2) is 0 Å². The lowest BCUT2D eigenvalue weighted by molar-refractivity contribution is -0.167. The van der Waals surface area contributed by atoms with E-state index in [9.17, 15) is 14.4 Å². The van der Waals surface area contributed by atoms with Crippen molar-refractivity contribution in [3.05, 3.63) is 109 Å². The number of hydrogen-bond acceptors (Lipinski definition) is 6. The van der Waals surface area contributed by atoms with Crippen LogP contribution < -0.4 is 0 Å². The maximum atomic E-state index is 12.7. The van der Waals surface area contributed by atoms with Crippen LogP contribution in [-0.4, -0.2) is 37.2 Å². The van der Waals surface area contributed by atoms with Crippen molar-refractivity contribution in [1.29, 1.82) is 0 Å². The molecule has 326 valence electrons. The van der Waals surface area contributed by atoms with Crippen molar-refractivity contribution in [2.45, 2.75) is 187 Å². The highest BCUT2D eigenvalue weighted by Crippen LogP contribution is 2.12. The first-order chi connectivity index (χ1) is 28.5. The topological polar surface area (TPSA) is 78.9 Å². The largest absolute Gasteiger partial charge is 0.462 e. The normalized spacial score (nSPS) is 13.1. The molecule has 1 atom stereocenters. The maximum absolute atomic E-state index is 12.7. The van der Waals surface area contributed by atoms with Gasteiger partial charge in [0.1, 0.15) is 13.2 Å². The van der Waals surface area contributed by atoms with Crippen molar-refractivity contribution in [2.24, 2.45) is 0 Å². The van der Waals surface area contributed by atoms with E-state index in [1.54, 1.807) is 0 Å². The quantitative estimate of drug-likeness (QED) is 0.0202.